The summed E-state index contributed by atoms with van der Waals surface area (Å²) >= 11 is 0. The minimum atomic E-state index is -0.627. The van der Waals surface area contributed by atoms with E-state index < -0.39 is 17.5 Å². The molecule has 12 rings (SSSR count). The molecule has 6 aromatic heterocycles. The zero-order valence-electron chi connectivity index (χ0n) is 59.8. The van der Waals surface area contributed by atoms with E-state index in [0.717, 1.165) is 105 Å². The van der Waals surface area contributed by atoms with Crippen molar-refractivity contribution in [2.45, 2.75) is 160 Å². The summed E-state index contributed by atoms with van der Waals surface area (Å²) < 4.78 is 51.1. The van der Waals surface area contributed by atoms with E-state index in [1.54, 1.807) is 59.2 Å². The van der Waals surface area contributed by atoms with Gasteiger partial charge in [-0.1, -0.05) is 83.1 Å². The Bertz CT molecular complexity index is 4620. The molecule has 0 aliphatic heterocycles. The van der Waals surface area contributed by atoms with Crippen LogP contribution in [0.4, 0.5) is 13.2 Å². The molecule has 99 heavy (non-hydrogen) atoms. The standard InChI is InChI=1S/C16H22N2O.C14H17FN2O.C13H16N2O.C12H13FN2O.C12H14N2O.C11H11FN2O/c1-11(2)15-17-14(16(3,4)5)10-18(15)12-6-8-13(19)9-7-12;1-9-16-13(14(2,3)4)8-17(9)10-5-6-12(18)11(15)7-10;1-9(2)13-14-10(3)8-15(13)11-4-6-12(16)7-5-11;1-3-12-14-8(2)7-15(12)9-4-5-10(13)11(16)6-9;1-3-12-13-9(2)8-14(12)10-4-6-11(15)7-5-10;1-7-6-14(8(2)13-7)9-3-4-11(15)10(12)5-9/h6-11,19H,1-5H3;5-8,18H,1-4H3;4-9,16H,1-3H3;4-7,16H,3H2,1-2H3;4-8,15H,3H2,1-2H3;3-6,15H,1-2H3. The molecule has 0 radical (unpaired) electrons. The van der Waals surface area contributed by atoms with Crippen LogP contribution in [0.15, 0.2) is 165 Å². The Morgan fingerprint density at radius 2 is 0.646 bits per heavy atom. The van der Waals surface area contributed by atoms with Crippen molar-refractivity contribution in [1.82, 2.24) is 57.3 Å². The van der Waals surface area contributed by atoms with Crippen molar-refractivity contribution < 1.29 is 43.8 Å². The molecule has 0 bridgehead atoms. The Hall–Kier alpha value is -10.8. The second kappa shape index (κ2) is 32.5. The third-order valence-electron chi connectivity index (χ3n) is 15.5. The average Bonchev–Trinajstić information content (AvgIpc) is 1.68. The Labute approximate surface area is 578 Å². The van der Waals surface area contributed by atoms with Gasteiger partial charge in [-0.2, -0.15) is 0 Å². The lowest BCUT2D eigenvalue weighted by Crippen LogP contribution is -2.11. The van der Waals surface area contributed by atoms with Crippen molar-refractivity contribution in [2.75, 3.05) is 0 Å². The fourth-order valence-electron chi connectivity index (χ4n) is 10.3. The minimum absolute atomic E-state index is 0.0335. The highest BCUT2D eigenvalue weighted by molar-refractivity contribution is 5.45. The second-order valence-electron chi connectivity index (χ2n) is 26.6. The number of phenols is 6. The van der Waals surface area contributed by atoms with Crippen molar-refractivity contribution >= 4 is 0 Å². The topological polar surface area (TPSA) is 228 Å². The van der Waals surface area contributed by atoms with E-state index >= 15 is 0 Å². The molecule has 0 atom stereocenters. The lowest BCUT2D eigenvalue weighted by atomic mass is 9.93. The molecule has 6 heterocycles. The second-order valence-corrected chi connectivity index (χ2v) is 26.6. The summed E-state index contributed by atoms with van der Waals surface area (Å²) in [5, 5.41) is 55.4. The number of phenolic OH excluding ortho intramolecular Hbond substituents is 6. The third kappa shape index (κ3) is 19.9. The molecule has 6 N–H and O–H groups in total. The summed E-state index contributed by atoms with van der Waals surface area (Å²) in [7, 11) is 0. The fourth-order valence-corrected chi connectivity index (χ4v) is 10.3. The van der Waals surface area contributed by atoms with E-state index in [-0.39, 0.29) is 45.3 Å². The van der Waals surface area contributed by atoms with Gasteiger partial charge in [-0.3, -0.25) is 0 Å². The first-order valence-corrected chi connectivity index (χ1v) is 32.7. The normalized spacial score (nSPS) is 11.2. The van der Waals surface area contributed by atoms with Gasteiger partial charge in [0.2, 0.25) is 0 Å². The monoisotopic (exact) mass is 1350 g/mol. The zero-order chi connectivity index (χ0) is 73.0. The van der Waals surface area contributed by atoms with Gasteiger partial charge in [0.05, 0.1) is 39.9 Å². The maximum absolute atomic E-state index is 13.4. The molecule has 21 heteroatoms. The number of imidazole rings is 6. The van der Waals surface area contributed by atoms with E-state index in [1.807, 2.05) is 125 Å². The van der Waals surface area contributed by atoms with Crippen LogP contribution in [0.3, 0.4) is 0 Å². The summed E-state index contributed by atoms with van der Waals surface area (Å²) in [5.74, 6) is 4.31. The first kappa shape index (κ1) is 75.5. The summed E-state index contributed by atoms with van der Waals surface area (Å²) in [6.07, 6.45) is 13.4. The van der Waals surface area contributed by atoms with Crippen molar-refractivity contribution in [3.8, 4) is 68.6 Å². The average molecular weight is 1350 g/mol. The van der Waals surface area contributed by atoms with Crippen molar-refractivity contribution in [3.05, 3.63) is 251 Å². The summed E-state index contributed by atoms with van der Waals surface area (Å²) in [5.41, 5.74) is 11.0. The number of aryl methyl sites for hydroxylation is 8. The molecule has 522 valence electrons. The van der Waals surface area contributed by atoms with Gasteiger partial charge < -0.3 is 58.0 Å². The van der Waals surface area contributed by atoms with Gasteiger partial charge in [0.25, 0.3) is 0 Å². The number of hydrogen-bond acceptors (Lipinski definition) is 12. The van der Waals surface area contributed by atoms with Gasteiger partial charge >= 0.3 is 0 Å². The first-order chi connectivity index (χ1) is 46.5. The molecular formula is C78H93F3N12O6. The van der Waals surface area contributed by atoms with E-state index in [1.165, 1.54) is 36.4 Å². The lowest BCUT2D eigenvalue weighted by Gasteiger charge is -2.14. The molecule has 0 saturated heterocycles. The maximum atomic E-state index is 13.4. The molecule has 18 nitrogen and oxygen atoms in total. The Morgan fingerprint density at radius 3 is 1.03 bits per heavy atom. The van der Waals surface area contributed by atoms with E-state index in [9.17, 15) is 38.7 Å². The first-order valence-electron chi connectivity index (χ1n) is 32.7. The van der Waals surface area contributed by atoms with Crippen molar-refractivity contribution in [1.29, 1.82) is 0 Å². The van der Waals surface area contributed by atoms with Crippen molar-refractivity contribution in [3.63, 3.8) is 0 Å². The van der Waals surface area contributed by atoms with Gasteiger partial charge in [0.15, 0.2) is 34.7 Å². The summed E-state index contributed by atoms with van der Waals surface area (Å²) in [4.78, 5) is 26.8. The van der Waals surface area contributed by atoms with E-state index in [4.69, 9.17) is 10.1 Å². The maximum Gasteiger partial charge on any atom is 0.166 e. The van der Waals surface area contributed by atoms with Gasteiger partial charge in [0, 0.05) is 119 Å². The summed E-state index contributed by atoms with van der Waals surface area (Å²) in [6, 6.07) is 34.4. The number of benzene rings is 6. The molecule has 0 aliphatic carbocycles. The van der Waals surface area contributed by atoms with Gasteiger partial charge in [-0.05, 0) is 151 Å². The Balaban J connectivity index is 0.000000167. The highest BCUT2D eigenvalue weighted by Crippen LogP contribution is 2.30. The number of hydrogen-bond donors (Lipinski definition) is 6. The SMILES string of the molecule is CC(C)c1nc(C(C)(C)C)cn1-c1ccc(O)cc1.CCc1nc(C)cn1-c1ccc(F)c(O)c1.CCc1nc(C)cn1-c1ccc(O)cc1.Cc1cn(-c2ccc(O)c(F)c2)c(C)n1.Cc1cn(-c2ccc(O)cc2)c(C(C)C)n1.Cc1nc(C(C)(C)C)cn1-c1ccc(O)c(F)c1. The number of aromatic hydroxyl groups is 6. The Morgan fingerprint density at radius 1 is 0.333 bits per heavy atom. The van der Waals surface area contributed by atoms with E-state index in [2.05, 4.69) is 121 Å². The van der Waals surface area contributed by atoms with Gasteiger partial charge in [0.1, 0.15) is 52.2 Å². The van der Waals surface area contributed by atoms with Crippen LogP contribution in [0.25, 0.3) is 34.1 Å². The molecule has 6 aromatic carbocycles. The Kier molecular flexibility index (Phi) is 24.8. The molecule has 0 spiro atoms. The number of rotatable bonds is 10. The molecule has 0 fully saturated rings. The van der Waals surface area contributed by atoms with Crippen molar-refractivity contribution in [2.24, 2.45) is 0 Å². The number of nitrogens with zero attached hydrogens (tertiary/aromatic N) is 12. The van der Waals surface area contributed by atoms with Crippen LogP contribution in [0.1, 0.15) is 164 Å². The predicted molar refractivity (Wildman–Crippen MR) is 384 cm³/mol. The van der Waals surface area contributed by atoms with Crippen LogP contribution in [0.5, 0.6) is 34.5 Å². The van der Waals surface area contributed by atoms with Crippen LogP contribution in [0, 0.1) is 59.0 Å². The number of aromatic nitrogens is 12. The van der Waals surface area contributed by atoms with Gasteiger partial charge in [-0.25, -0.2) is 43.1 Å². The van der Waals surface area contributed by atoms with Crippen LogP contribution < -0.4 is 0 Å². The fraction of sp³-hybridized carbons (Fsp3) is 0.308. The minimum Gasteiger partial charge on any atom is -0.508 e. The summed E-state index contributed by atoms with van der Waals surface area (Å²) in [6.45, 7) is 36.8. The molecule has 0 unspecified atom stereocenters. The smallest absolute Gasteiger partial charge is 0.166 e. The van der Waals surface area contributed by atoms with Crippen LogP contribution in [-0.4, -0.2) is 87.9 Å². The molecule has 0 saturated carbocycles. The highest BCUT2D eigenvalue weighted by Gasteiger charge is 2.23. The van der Waals surface area contributed by atoms with E-state index in [0.29, 0.717) is 23.2 Å². The highest BCUT2D eigenvalue weighted by atomic mass is 19.1. The van der Waals surface area contributed by atoms with Gasteiger partial charge in [-0.15, -0.1) is 0 Å². The quantitative estimate of drug-likeness (QED) is 0.0751. The predicted octanol–water partition coefficient (Wildman–Crippen LogP) is 17.7. The zero-order valence-corrected chi connectivity index (χ0v) is 59.8. The van der Waals surface area contributed by atoms with Crippen LogP contribution in [0.2, 0.25) is 0 Å². The van der Waals surface area contributed by atoms with Crippen LogP contribution in [-0.2, 0) is 23.7 Å². The largest absolute Gasteiger partial charge is 0.508 e. The lowest BCUT2D eigenvalue weighted by molar-refractivity contribution is 0.432. The molecule has 0 amide bonds. The molecular weight excluding hydrogens is 1260 g/mol. The van der Waals surface area contributed by atoms with Crippen LogP contribution >= 0.6 is 0 Å². The molecule has 12 aromatic rings. The number of halogens is 3. The third-order valence-corrected chi connectivity index (χ3v) is 15.5. The molecule has 0 aliphatic rings.